The predicted molar refractivity (Wildman–Crippen MR) is 95.9 cm³/mol. The van der Waals surface area contributed by atoms with Gasteiger partial charge in [-0.05, 0) is 54.2 Å². The molecular weight excluding hydrogens is 322 g/mol. The molecule has 4 nitrogen and oxygen atoms in total. The number of nitrogens with one attached hydrogen (secondary N) is 1. The number of sulfone groups is 1. The fourth-order valence-electron chi connectivity index (χ4n) is 3.96. The summed E-state index contributed by atoms with van der Waals surface area (Å²) >= 11 is 0. The zero-order valence-corrected chi connectivity index (χ0v) is 15.4. The highest BCUT2D eigenvalue weighted by Crippen LogP contribution is 2.32. The Kier molecular flexibility index (Phi) is 5.00. The summed E-state index contributed by atoms with van der Waals surface area (Å²) in [5.74, 6) is 0.785. The first kappa shape index (κ1) is 17.5. The van der Waals surface area contributed by atoms with Gasteiger partial charge in [-0.2, -0.15) is 0 Å². The summed E-state index contributed by atoms with van der Waals surface area (Å²) in [6, 6.07) is 6.45. The number of aryl methyl sites for hydroxylation is 2. The lowest BCUT2D eigenvalue weighted by Crippen LogP contribution is -2.36. The quantitative estimate of drug-likeness (QED) is 0.889. The van der Waals surface area contributed by atoms with Crippen molar-refractivity contribution in [3.05, 3.63) is 34.9 Å². The van der Waals surface area contributed by atoms with E-state index in [4.69, 9.17) is 0 Å². The normalized spacial score (nSPS) is 23.2. The third-order valence-corrected chi connectivity index (χ3v) is 7.13. The van der Waals surface area contributed by atoms with Gasteiger partial charge < -0.3 is 5.32 Å². The van der Waals surface area contributed by atoms with Gasteiger partial charge in [0.15, 0.2) is 9.84 Å². The summed E-state index contributed by atoms with van der Waals surface area (Å²) in [6.07, 6.45) is 4.49. The molecule has 1 amide bonds. The molecule has 0 radical (unpaired) electrons. The van der Waals surface area contributed by atoms with Crippen LogP contribution in [-0.4, -0.2) is 31.9 Å². The molecule has 24 heavy (non-hydrogen) atoms. The van der Waals surface area contributed by atoms with E-state index < -0.39 is 9.84 Å². The van der Waals surface area contributed by atoms with Crippen LogP contribution in [0.4, 0.5) is 0 Å². The zero-order valence-electron chi connectivity index (χ0n) is 14.5. The number of hydrogen-bond acceptors (Lipinski definition) is 3. The number of rotatable bonds is 5. The Bertz CT molecular complexity index is 724. The molecule has 1 aliphatic heterocycles. The molecule has 0 saturated carbocycles. The molecule has 1 fully saturated rings. The molecule has 1 heterocycles. The fraction of sp³-hybridized carbons (Fsp3) is 0.632. The van der Waals surface area contributed by atoms with Crippen molar-refractivity contribution < 1.29 is 13.2 Å². The minimum atomic E-state index is -2.96. The lowest BCUT2D eigenvalue weighted by atomic mass is 9.84. The summed E-state index contributed by atoms with van der Waals surface area (Å²) < 4.78 is 23.1. The third-order valence-electron chi connectivity index (χ3n) is 5.36. The largest absolute Gasteiger partial charge is 0.352 e. The van der Waals surface area contributed by atoms with Gasteiger partial charge in [-0.25, -0.2) is 8.42 Å². The Labute approximate surface area is 145 Å². The second-order valence-electron chi connectivity index (χ2n) is 7.60. The first-order valence-corrected chi connectivity index (χ1v) is 10.8. The molecular formula is C19H27NO3S. The summed E-state index contributed by atoms with van der Waals surface area (Å²) in [7, 11) is -2.96. The van der Waals surface area contributed by atoms with E-state index in [1.54, 1.807) is 0 Å². The number of benzene rings is 1. The van der Waals surface area contributed by atoms with Gasteiger partial charge in [0.1, 0.15) is 0 Å². The lowest BCUT2D eigenvalue weighted by molar-refractivity contribution is -0.122. The predicted octanol–water partition coefficient (Wildman–Crippen LogP) is 2.61. The highest BCUT2D eigenvalue weighted by atomic mass is 32.2. The van der Waals surface area contributed by atoms with Crippen molar-refractivity contribution in [2.24, 2.45) is 5.92 Å². The second-order valence-corrected chi connectivity index (χ2v) is 9.83. The molecule has 1 aromatic carbocycles. The van der Waals surface area contributed by atoms with E-state index in [2.05, 4.69) is 37.4 Å². The van der Waals surface area contributed by atoms with E-state index in [1.165, 1.54) is 29.5 Å². The molecule has 0 bridgehead atoms. The number of fused-ring (bicyclic) bond motifs is 1. The van der Waals surface area contributed by atoms with Crippen LogP contribution in [0.5, 0.6) is 0 Å². The molecule has 0 aromatic heterocycles. The second kappa shape index (κ2) is 6.87. The molecule has 1 saturated heterocycles. The molecule has 2 atom stereocenters. The van der Waals surface area contributed by atoms with Gasteiger partial charge in [0.05, 0.1) is 11.5 Å². The van der Waals surface area contributed by atoms with Crippen LogP contribution in [0.3, 0.4) is 0 Å². The third kappa shape index (κ3) is 4.00. The Hall–Kier alpha value is -1.36. The molecule has 1 aliphatic carbocycles. The smallest absolute Gasteiger partial charge is 0.220 e. The number of hydrogen-bond donors (Lipinski definition) is 1. The molecule has 0 spiro atoms. The summed E-state index contributed by atoms with van der Waals surface area (Å²) in [6.45, 7) is 4.29. The van der Waals surface area contributed by atoms with Crippen molar-refractivity contribution in [2.45, 2.75) is 57.9 Å². The van der Waals surface area contributed by atoms with Crippen molar-refractivity contribution in [1.82, 2.24) is 5.32 Å². The van der Waals surface area contributed by atoms with Gasteiger partial charge in [-0.15, -0.1) is 0 Å². The number of carbonyl (C=O) groups is 1. The molecule has 2 unspecified atom stereocenters. The SMILES string of the molecule is CC(C)C(CC(=O)NC1CCS(=O)(=O)C1)c1ccc2c(c1)CCC2. The minimum Gasteiger partial charge on any atom is -0.352 e. The van der Waals surface area contributed by atoms with Crippen molar-refractivity contribution >= 4 is 15.7 Å². The van der Waals surface area contributed by atoms with Crippen LogP contribution in [0.1, 0.15) is 55.7 Å². The molecule has 132 valence electrons. The maximum Gasteiger partial charge on any atom is 0.220 e. The van der Waals surface area contributed by atoms with Crippen LogP contribution in [0.2, 0.25) is 0 Å². The van der Waals surface area contributed by atoms with Gasteiger partial charge in [0, 0.05) is 12.5 Å². The van der Waals surface area contributed by atoms with Crippen LogP contribution in [-0.2, 0) is 27.5 Å². The van der Waals surface area contributed by atoms with E-state index in [0.29, 0.717) is 18.8 Å². The maximum atomic E-state index is 12.4. The van der Waals surface area contributed by atoms with Crippen molar-refractivity contribution in [2.75, 3.05) is 11.5 Å². The van der Waals surface area contributed by atoms with Gasteiger partial charge in [-0.3, -0.25) is 4.79 Å². The summed E-state index contributed by atoms with van der Waals surface area (Å²) in [5, 5.41) is 2.92. The average Bonchev–Trinajstić information content (AvgIpc) is 3.09. The van der Waals surface area contributed by atoms with Crippen LogP contribution >= 0.6 is 0 Å². The van der Waals surface area contributed by atoms with Crippen LogP contribution in [0.25, 0.3) is 0 Å². The molecule has 1 aromatic rings. The Balaban J connectivity index is 1.67. The summed E-state index contributed by atoms with van der Waals surface area (Å²) in [5.41, 5.74) is 4.11. The standard InChI is InChI=1S/C19H27NO3S/c1-13(2)18(16-7-6-14-4-3-5-15(14)10-16)11-19(21)20-17-8-9-24(22,23)12-17/h6-7,10,13,17-18H,3-5,8-9,11-12H2,1-2H3,(H,20,21). The van der Waals surface area contributed by atoms with Gasteiger partial charge in [-0.1, -0.05) is 32.0 Å². The topological polar surface area (TPSA) is 63.2 Å². The first-order valence-electron chi connectivity index (χ1n) is 8.95. The van der Waals surface area contributed by atoms with E-state index in [1.807, 2.05) is 0 Å². The highest BCUT2D eigenvalue weighted by molar-refractivity contribution is 7.91. The lowest BCUT2D eigenvalue weighted by Gasteiger charge is -2.23. The van der Waals surface area contributed by atoms with Crippen LogP contribution < -0.4 is 5.32 Å². The van der Waals surface area contributed by atoms with Crippen molar-refractivity contribution in [3.63, 3.8) is 0 Å². The molecule has 3 rings (SSSR count). The summed E-state index contributed by atoms with van der Waals surface area (Å²) in [4.78, 5) is 12.4. The molecule has 2 aliphatic rings. The van der Waals surface area contributed by atoms with E-state index in [9.17, 15) is 13.2 Å². The number of amides is 1. The Morgan fingerprint density at radius 2 is 2.00 bits per heavy atom. The van der Waals surface area contributed by atoms with Crippen LogP contribution in [0.15, 0.2) is 18.2 Å². The van der Waals surface area contributed by atoms with Crippen molar-refractivity contribution in [1.29, 1.82) is 0 Å². The van der Waals surface area contributed by atoms with Crippen LogP contribution in [0, 0.1) is 5.92 Å². The van der Waals surface area contributed by atoms with Crippen molar-refractivity contribution in [3.8, 4) is 0 Å². The highest BCUT2D eigenvalue weighted by Gasteiger charge is 2.30. The van der Waals surface area contributed by atoms with Gasteiger partial charge >= 0.3 is 0 Å². The zero-order chi connectivity index (χ0) is 17.3. The molecule has 5 heteroatoms. The first-order chi connectivity index (χ1) is 11.3. The fourth-order valence-corrected chi connectivity index (χ4v) is 5.63. The van der Waals surface area contributed by atoms with E-state index >= 15 is 0 Å². The minimum absolute atomic E-state index is 0.0312. The number of carbonyl (C=O) groups excluding carboxylic acids is 1. The van der Waals surface area contributed by atoms with Gasteiger partial charge in [0.2, 0.25) is 5.91 Å². The Morgan fingerprint density at radius 1 is 1.25 bits per heavy atom. The van der Waals surface area contributed by atoms with E-state index in [0.717, 1.165) is 6.42 Å². The Morgan fingerprint density at radius 3 is 2.67 bits per heavy atom. The molecule has 1 N–H and O–H groups in total. The van der Waals surface area contributed by atoms with Gasteiger partial charge in [0.25, 0.3) is 0 Å². The monoisotopic (exact) mass is 349 g/mol. The average molecular weight is 349 g/mol. The van der Waals surface area contributed by atoms with E-state index in [-0.39, 0.29) is 29.4 Å². The maximum absolute atomic E-state index is 12.4.